The molecule has 0 aromatic heterocycles. The summed E-state index contributed by atoms with van der Waals surface area (Å²) in [5.41, 5.74) is 7.63. The lowest BCUT2D eigenvalue weighted by Gasteiger charge is -2.22. The van der Waals surface area contributed by atoms with Crippen molar-refractivity contribution in [3.63, 3.8) is 0 Å². The van der Waals surface area contributed by atoms with E-state index >= 15 is 0 Å². The Morgan fingerprint density at radius 2 is 2.19 bits per heavy atom. The number of carbonyl (C=O) groups excluding carboxylic acids is 2. The minimum Gasteiger partial charge on any atom is -0.368 e. The van der Waals surface area contributed by atoms with Crippen LogP contribution in [0.15, 0.2) is 18.2 Å². The molecule has 4 nitrogen and oxygen atoms in total. The van der Waals surface area contributed by atoms with Gasteiger partial charge in [-0.05, 0) is 37.6 Å². The van der Waals surface area contributed by atoms with Crippen molar-refractivity contribution in [1.29, 1.82) is 0 Å². The van der Waals surface area contributed by atoms with Crippen molar-refractivity contribution in [2.75, 3.05) is 18.0 Å². The molecule has 2 N–H and O–H groups in total. The number of hydrogen-bond acceptors (Lipinski definition) is 3. The van der Waals surface area contributed by atoms with E-state index in [2.05, 4.69) is 0 Å². The number of nitrogens with zero attached hydrogens (tertiary/aromatic N) is 1. The summed E-state index contributed by atoms with van der Waals surface area (Å²) in [6.45, 7) is 4.70. The van der Waals surface area contributed by atoms with E-state index in [0.717, 1.165) is 17.5 Å². The quantitative estimate of drug-likeness (QED) is 0.756. The lowest BCUT2D eigenvalue weighted by molar-refractivity contribution is -0.116. The summed E-state index contributed by atoms with van der Waals surface area (Å²) in [7, 11) is 0. The topological polar surface area (TPSA) is 63.4 Å². The van der Waals surface area contributed by atoms with E-state index in [1.54, 1.807) is 6.07 Å². The van der Waals surface area contributed by atoms with Crippen molar-refractivity contribution < 1.29 is 9.59 Å². The van der Waals surface area contributed by atoms with Crippen molar-refractivity contribution in [2.45, 2.75) is 13.8 Å². The highest BCUT2D eigenvalue weighted by Crippen LogP contribution is 2.17. The van der Waals surface area contributed by atoms with Gasteiger partial charge >= 0.3 is 0 Å². The minimum atomic E-state index is -0.362. The van der Waals surface area contributed by atoms with E-state index in [9.17, 15) is 9.59 Å². The van der Waals surface area contributed by atoms with E-state index in [1.165, 1.54) is 0 Å². The lowest BCUT2D eigenvalue weighted by atomic mass is 10.1. The average Bonchev–Trinajstić information content (AvgIpc) is 2.25. The van der Waals surface area contributed by atoms with Crippen LogP contribution < -0.4 is 10.6 Å². The summed E-state index contributed by atoms with van der Waals surface area (Å²) >= 11 is 0. The second-order valence-electron chi connectivity index (χ2n) is 3.64. The number of rotatable bonds is 5. The summed E-state index contributed by atoms with van der Waals surface area (Å²) in [4.78, 5) is 23.4. The van der Waals surface area contributed by atoms with Crippen LogP contribution in [-0.2, 0) is 4.79 Å². The Morgan fingerprint density at radius 1 is 1.50 bits per heavy atom. The fourth-order valence-electron chi connectivity index (χ4n) is 1.56. The molecule has 0 heterocycles. The first-order chi connectivity index (χ1) is 7.58. The normalized spacial score (nSPS) is 9.88. The zero-order valence-corrected chi connectivity index (χ0v) is 9.56. The van der Waals surface area contributed by atoms with E-state index < -0.39 is 0 Å². The molecule has 1 aromatic carbocycles. The number of likely N-dealkylation sites (N-methyl/N-ethyl adjacent to an activating group) is 1. The zero-order valence-electron chi connectivity index (χ0n) is 9.56. The molecule has 0 radical (unpaired) electrons. The Balaban J connectivity index is 2.97. The fourth-order valence-corrected chi connectivity index (χ4v) is 1.56. The largest absolute Gasteiger partial charge is 0.368 e. The Bertz CT molecular complexity index is 402. The van der Waals surface area contributed by atoms with E-state index in [1.807, 2.05) is 30.9 Å². The first-order valence-corrected chi connectivity index (χ1v) is 5.17. The maximum absolute atomic E-state index is 10.9. The van der Waals surface area contributed by atoms with Gasteiger partial charge in [0.25, 0.3) is 0 Å². The summed E-state index contributed by atoms with van der Waals surface area (Å²) in [5, 5.41) is 0. The van der Waals surface area contributed by atoms with Gasteiger partial charge in [-0.1, -0.05) is 0 Å². The van der Waals surface area contributed by atoms with Crippen LogP contribution in [-0.4, -0.2) is 25.3 Å². The molecule has 0 aliphatic heterocycles. The van der Waals surface area contributed by atoms with Gasteiger partial charge in [-0.3, -0.25) is 9.59 Å². The third-order valence-corrected chi connectivity index (χ3v) is 2.47. The molecule has 0 saturated carbocycles. The second-order valence-corrected chi connectivity index (χ2v) is 3.64. The molecule has 16 heavy (non-hydrogen) atoms. The summed E-state index contributed by atoms with van der Waals surface area (Å²) < 4.78 is 0. The molecule has 1 amide bonds. The van der Waals surface area contributed by atoms with Crippen molar-refractivity contribution in [3.05, 3.63) is 29.3 Å². The molecular weight excluding hydrogens is 204 g/mol. The van der Waals surface area contributed by atoms with Crippen molar-refractivity contribution >= 4 is 17.9 Å². The molecule has 4 heteroatoms. The number of amides is 1. The number of benzene rings is 1. The minimum absolute atomic E-state index is 0.191. The smallest absolute Gasteiger partial charge is 0.236 e. The van der Waals surface area contributed by atoms with Gasteiger partial charge in [0.15, 0.2) is 0 Å². The van der Waals surface area contributed by atoms with Crippen molar-refractivity contribution in [1.82, 2.24) is 0 Å². The van der Waals surface area contributed by atoms with Crippen molar-refractivity contribution in [3.8, 4) is 0 Å². The number of primary amides is 1. The predicted octanol–water partition coefficient (Wildman–Crippen LogP) is 1.12. The highest BCUT2D eigenvalue weighted by molar-refractivity contribution is 5.81. The van der Waals surface area contributed by atoms with E-state index in [4.69, 9.17) is 5.73 Å². The van der Waals surface area contributed by atoms with Crippen LogP contribution in [0.3, 0.4) is 0 Å². The lowest BCUT2D eigenvalue weighted by Crippen LogP contribution is -2.33. The number of anilines is 1. The van der Waals surface area contributed by atoms with Gasteiger partial charge < -0.3 is 10.6 Å². The number of nitrogens with two attached hydrogens (primary N) is 1. The van der Waals surface area contributed by atoms with Crippen LogP contribution in [0.2, 0.25) is 0 Å². The van der Waals surface area contributed by atoms with Gasteiger partial charge in [0.05, 0.1) is 6.54 Å². The highest BCUT2D eigenvalue weighted by atomic mass is 16.1. The van der Waals surface area contributed by atoms with Gasteiger partial charge in [-0.2, -0.15) is 0 Å². The average molecular weight is 220 g/mol. The van der Waals surface area contributed by atoms with E-state index in [-0.39, 0.29) is 12.5 Å². The summed E-state index contributed by atoms with van der Waals surface area (Å²) in [6.07, 6.45) is 0.823. The standard InChI is InChI=1S/C12H16N2O2/c1-3-14(7-12(13)16)11-5-4-10(8-15)9(2)6-11/h4-6,8H,3,7H2,1-2H3,(H2,13,16). The Labute approximate surface area is 95.0 Å². The van der Waals surface area contributed by atoms with Crippen LogP contribution in [0.4, 0.5) is 5.69 Å². The molecule has 1 rings (SSSR count). The molecular formula is C12H16N2O2. The maximum Gasteiger partial charge on any atom is 0.236 e. The Morgan fingerprint density at radius 3 is 2.62 bits per heavy atom. The SMILES string of the molecule is CCN(CC(N)=O)c1ccc(C=O)c(C)c1. The number of hydrogen-bond donors (Lipinski definition) is 1. The van der Waals surface area contributed by atoms with Crippen LogP contribution in [0.1, 0.15) is 22.8 Å². The van der Waals surface area contributed by atoms with Gasteiger partial charge in [0.1, 0.15) is 6.29 Å². The van der Waals surface area contributed by atoms with Crippen LogP contribution in [0.25, 0.3) is 0 Å². The molecule has 0 spiro atoms. The first kappa shape index (κ1) is 12.2. The number of aldehydes is 1. The molecule has 1 aromatic rings. The van der Waals surface area contributed by atoms with E-state index in [0.29, 0.717) is 12.1 Å². The Hall–Kier alpha value is -1.84. The Kier molecular flexibility index (Phi) is 4.05. The van der Waals surface area contributed by atoms with Gasteiger partial charge in [-0.25, -0.2) is 0 Å². The predicted molar refractivity (Wildman–Crippen MR) is 63.6 cm³/mol. The number of carbonyl (C=O) groups is 2. The highest BCUT2D eigenvalue weighted by Gasteiger charge is 2.08. The number of aryl methyl sites for hydroxylation is 1. The fraction of sp³-hybridized carbons (Fsp3) is 0.333. The molecule has 0 fully saturated rings. The van der Waals surface area contributed by atoms with Crippen LogP contribution >= 0.6 is 0 Å². The second kappa shape index (κ2) is 5.30. The van der Waals surface area contributed by atoms with Crippen LogP contribution in [0.5, 0.6) is 0 Å². The molecule has 0 unspecified atom stereocenters. The molecule has 0 saturated heterocycles. The van der Waals surface area contributed by atoms with Crippen LogP contribution in [0, 0.1) is 6.92 Å². The molecule has 0 bridgehead atoms. The van der Waals surface area contributed by atoms with Gasteiger partial charge in [-0.15, -0.1) is 0 Å². The maximum atomic E-state index is 10.9. The molecule has 0 aliphatic rings. The first-order valence-electron chi connectivity index (χ1n) is 5.17. The summed E-state index contributed by atoms with van der Waals surface area (Å²) in [5.74, 6) is -0.362. The van der Waals surface area contributed by atoms with Crippen molar-refractivity contribution in [2.24, 2.45) is 5.73 Å². The zero-order chi connectivity index (χ0) is 12.1. The third kappa shape index (κ3) is 2.82. The molecule has 0 atom stereocenters. The summed E-state index contributed by atoms with van der Waals surface area (Å²) in [6, 6.07) is 5.46. The van der Waals surface area contributed by atoms with Gasteiger partial charge in [0.2, 0.25) is 5.91 Å². The molecule has 86 valence electrons. The molecule has 0 aliphatic carbocycles. The van der Waals surface area contributed by atoms with Gasteiger partial charge in [0, 0.05) is 17.8 Å². The monoisotopic (exact) mass is 220 g/mol. The third-order valence-electron chi connectivity index (χ3n) is 2.47.